The molecule has 19 heavy (non-hydrogen) atoms. The van der Waals surface area contributed by atoms with E-state index in [9.17, 15) is 9.90 Å². The molecule has 5 heteroatoms. The lowest BCUT2D eigenvalue weighted by molar-refractivity contribution is -0.149. The van der Waals surface area contributed by atoms with Gasteiger partial charge in [0.1, 0.15) is 17.4 Å². The molecule has 1 N–H and O–H groups in total. The van der Waals surface area contributed by atoms with Crippen LogP contribution in [0, 0.1) is 11.3 Å². The summed E-state index contributed by atoms with van der Waals surface area (Å²) in [6, 6.07) is 7.89. The van der Waals surface area contributed by atoms with E-state index in [4.69, 9.17) is 21.6 Å². The Balaban J connectivity index is 3.17. The number of nitriles is 1. The Morgan fingerprint density at radius 1 is 1.42 bits per heavy atom. The monoisotopic (exact) mass is 279 g/mol. The molecule has 0 heterocycles. The van der Waals surface area contributed by atoms with E-state index in [2.05, 4.69) is 0 Å². The normalized spacial score (nSPS) is 12.4. The highest BCUT2D eigenvalue weighted by Crippen LogP contribution is 2.21. The number of aliphatic hydroxyl groups is 1. The van der Waals surface area contributed by atoms with Crippen LogP contribution in [0.4, 0.5) is 0 Å². The Hall–Kier alpha value is -1.99. The van der Waals surface area contributed by atoms with Gasteiger partial charge < -0.3 is 9.84 Å². The molecule has 0 saturated carbocycles. The topological polar surface area (TPSA) is 70.3 Å². The van der Waals surface area contributed by atoms with Gasteiger partial charge in [0.15, 0.2) is 5.57 Å². The molecule has 0 unspecified atom stereocenters. The average Bonchev–Trinajstić information content (AvgIpc) is 2.27. The number of hydrogen-bond donors (Lipinski definition) is 1. The Kier molecular flexibility index (Phi) is 4.57. The third-order valence-electron chi connectivity index (χ3n) is 2.05. The smallest absolute Gasteiger partial charge is 0.353 e. The van der Waals surface area contributed by atoms with Gasteiger partial charge in [0.05, 0.1) is 0 Å². The highest BCUT2D eigenvalue weighted by molar-refractivity contribution is 6.30. The van der Waals surface area contributed by atoms with Crippen LogP contribution in [0.3, 0.4) is 0 Å². The van der Waals surface area contributed by atoms with Crippen LogP contribution < -0.4 is 0 Å². The number of carbonyl (C=O) groups is 1. The van der Waals surface area contributed by atoms with E-state index in [-0.39, 0.29) is 5.56 Å². The fourth-order valence-electron chi connectivity index (χ4n) is 1.30. The van der Waals surface area contributed by atoms with E-state index in [0.717, 1.165) is 0 Å². The van der Waals surface area contributed by atoms with E-state index in [1.807, 2.05) is 0 Å². The molecular formula is C14H14ClNO3. The Labute approximate surface area is 116 Å². The third kappa shape index (κ3) is 4.31. The number of hydrogen-bond acceptors (Lipinski definition) is 4. The zero-order valence-corrected chi connectivity index (χ0v) is 11.7. The number of carbonyl (C=O) groups excluding carboxylic acids is 1. The lowest BCUT2D eigenvalue weighted by Gasteiger charge is -2.19. The average molecular weight is 280 g/mol. The predicted octanol–water partition coefficient (Wildman–Crippen LogP) is 3.47. The molecule has 0 amide bonds. The van der Waals surface area contributed by atoms with E-state index >= 15 is 0 Å². The summed E-state index contributed by atoms with van der Waals surface area (Å²) in [6.45, 7) is 5.03. The van der Waals surface area contributed by atoms with Gasteiger partial charge in [-0.25, -0.2) is 4.79 Å². The molecule has 100 valence electrons. The molecule has 0 fully saturated rings. The maximum absolute atomic E-state index is 11.8. The Bertz CT molecular complexity index is 565. The van der Waals surface area contributed by atoms with Crippen molar-refractivity contribution in [2.45, 2.75) is 26.4 Å². The van der Waals surface area contributed by atoms with E-state index in [0.29, 0.717) is 5.02 Å². The molecule has 0 spiro atoms. The largest absolute Gasteiger partial charge is 0.506 e. The maximum atomic E-state index is 11.8. The first-order valence-electron chi connectivity index (χ1n) is 5.57. The summed E-state index contributed by atoms with van der Waals surface area (Å²) in [5.74, 6) is -1.31. The summed E-state index contributed by atoms with van der Waals surface area (Å²) in [4.78, 5) is 11.8. The highest BCUT2D eigenvalue weighted by atomic mass is 35.5. The van der Waals surface area contributed by atoms with Gasteiger partial charge >= 0.3 is 5.97 Å². The molecule has 1 aromatic rings. The summed E-state index contributed by atoms with van der Waals surface area (Å²) >= 11 is 5.79. The summed E-state index contributed by atoms with van der Waals surface area (Å²) in [5.41, 5.74) is -0.902. The molecule has 0 radical (unpaired) electrons. The zero-order chi connectivity index (χ0) is 14.6. The van der Waals surface area contributed by atoms with Gasteiger partial charge in [0.2, 0.25) is 0 Å². The molecule has 1 rings (SSSR count). The van der Waals surface area contributed by atoms with Crippen molar-refractivity contribution < 1.29 is 14.6 Å². The Morgan fingerprint density at radius 3 is 2.53 bits per heavy atom. The van der Waals surface area contributed by atoms with Crippen LogP contribution >= 0.6 is 11.6 Å². The van der Waals surface area contributed by atoms with Gasteiger partial charge in [0.25, 0.3) is 0 Å². The van der Waals surface area contributed by atoms with E-state index in [1.165, 1.54) is 6.07 Å². The number of ether oxygens (including phenoxy) is 1. The van der Waals surface area contributed by atoms with Gasteiger partial charge in [-0.15, -0.1) is 0 Å². The third-order valence-corrected chi connectivity index (χ3v) is 2.28. The van der Waals surface area contributed by atoms with Crippen LogP contribution in [-0.2, 0) is 9.53 Å². The van der Waals surface area contributed by atoms with Gasteiger partial charge in [-0.05, 0) is 32.9 Å². The van der Waals surface area contributed by atoms with Crippen LogP contribution in [0.2, 0.25) is 5.02 Å². The number of rotatable bonds is 2. The minimum Gasteiger partial charge on any atom is -0.506 e. The number of halogens is 1. The van der Waals surface area contributed by atoms with Crippen molar-refractivity contribution in [1.82, 2.24) is 0 Å². The molecule has 0 aromatic heterocycles. The maximum Gasteiger partial charge on any atom is 0.353 e. The fourth-order valence-corrected chi connectivity index (χ4v) is 1.49. The first kappa shape index (κ1) is 15.1. The Morgan fingerprint density at radius 2 is 2.05 bits per heavy atom. The van der Waals surface area contributed by atoms with Crippen LogP contribution in [0.15, 0.2) is 29.8 Å². The number of nitrogens with zero attached hydrogens (tertiary/aromatic N) is 1. The molecular weight excluding hydrogens is 266 g/mol. The van der Waals surface area contributed by atoms with Crippen molar-refractivity contribution in [1.29, 1.82) is 5.26 Å². The zero-order valence-electron chi connectivity index (χ0n) is 10.9. The van der Waals surface area contributed by atoms with Gasteiger partial charge in [-0.1, -0.05) is 23.7 Å². The van der Waals surface area contributed by atoms with E-state index in [1.54, 1.807) is 45.0 Å². The SMILES string of the molecule is CC(C)(C)OC(=O)C(C#N)=C(O)c1cccc(Cl)c1. The fraction of sp³-hybridized carbons (Fsp3) is 0.286. The van der Waals surface area contributed by atoms with Crippen LogP contribution in [0.5, 0.6) is 0 Å². The first-order valence-corrected chi connectivity index (χ1v) is 5.95. The second-order valence-corrected chi connectivity index (χ2v) is 5.28. The lowest BCUT2D eigenvalue weighted by Crippen LogP contribution is -2.25. The first-order chi connectivity index (χ1) is 8.74. The summed E-state index contributed by atoms with van der Waals surface area (Å²) in [5, 5.41) is 19.4. The second kappa shape index (κ2) is 5.77. The minimum absolute atomic E-state index is 0.287. The molecule has 0 atom stereocenters. The highest BCUT2D eigenvalue weighted by Gasteiger charge is 2.23. The van der Waals surface area contributed by atoms with Crippen molar-refractivity contribution in [3.63, 3.8) is 0 Å². The van der Waals surface area contributed by atoms with Crippen LogP contribution in [0.25, 0.3) is 5.76 Å². The van der Waals surface area contributed by atoms with E-state index < -0.39 is 22.9 Å². The van der Waals surface area contributed by atoms with Gasteiger partial charge in [0, 0.05) is 10.6 Å². The predicted molar refractivity (Wildman–Crippen MR) is 72.5 cm³/mol. The second-order valence-electron chi connectivity index (χ2n) is 4.85. The number of aliphatic hydroxyl groups excluding tert-OH is 1. The molecule has 0 aliphatic carbocycles. The molecule has 4 nitrogen and oxygen atoms in total. The summed E-state index contributed by atoms with van der Waals surface area (Å²) in [7, 11) is 0. The van der Waals surface area contributed by atoms with Crippen LogP contribution in [0.1, 0.15) is 26.3 Å². The van der Waals surface area contributed by atoms with Gasteiger partial charge in [-0.3, -0.25) is 0 Å². The molecule has 0 bridgehead atoms. The minimum atomic E-state index is -0.868. The van der Waals surface area contributed by atoms with Gasteiger partial charge in [-0.2, -0.15) is 5.26 Å². The molecule has 0 aliphatic heterocycles. The molecule has 1 aromatic carbocycles. The van der Waals surface area contributed by atoms with Crippen molar-refractivity contribution in [2.24, 2.45) is 0 Å². The standard InChI is InChI=1S/C14H14ClNO3/c1-14(2,3)19-13(18)11(8-16)12(17)9-5-4-6-10(15)7-9/h4-7,17H,1-3H3. The number of esters is 1. The quantitative estimate of drug-likeness (QED) is 0.389. The molecule has 0 aliphatic rings. The van der Waals surface area contributed by atoms with Crippen LogP contribution in [-0.4, -0.2) is 16.7 Å². The summed E-state index contributed by atoms with van der Waals surface area (Å²) < 4.78 is 5.05. The molecule has 0 saturated heterocycles. The van der Waals surface area contributed by atoms with Crippen molar-refractivity contribution in [2.75, 3.05) is 0 Å². The van der Waals surface area contributed by atoms with Crippen molar-refractivity contribution in [3.8, 4) is 6.07 Å². The van der Waals surface area contributed by atoms with Crippen molar-refractivity contribution in [3.05, 3.63) is 40.4 Å². The number of benzene rings is 1. The van der Waals surface area contributed by atoms with Crippen molar-refractivity contribution >= 4 is 23.3 Å². The summed E-state index contributed by atoms with van der Waals surface area (Å²) in [6.07, 6.45) is 0. The lowest BCUT2D eigenvalue weighted by atomic mass is 10.1.